The van der Waals surface area contributed by atoms with Gasteiger partial charge >= 0.3 is 12.1 Å². The van der Waals surface area contributed by atoms with Gasteiger partial charge in [0.2, 0.25) is 0 Å². The first-order valence-corrected chi connectivity index (χ1v) is 8.62. The van der Waals surface area contributed by atoms with E-state index in [2.05, 4.69) is 9.72 Å². The van der Waals surface area contributed by atoms with Crippen molar-refractivity contribution in [3.63, 3.8) is 0 Å². The number of alkyl halides is 3. The number of pyridine rings is 1. The fourth-order valence-electron chi connectivity index (χ4n) is 3.13. The molecule has 1 unspecified atom stereocenters. The molecule has 0 radical (unpaired) electrons. The largest absolute Gasteiger partial charge is 0.463 e. The summed E-state index contributed by atoms with van der Waals surface area (Å²) in [6.07, 6.45) is -5.28. The van der Waals surface area contributed by atoms with Crippen LogP contribution in [0, 0.1) is 6.92 Å². The van der Waals surface area contributed by atoms with Crippen molar-refractivity contribution in [2.24, 2.45) is 0 Å². The number of fused-ring (bicyclic) bond motifs is 1. The molecule has 3 rings (SSSR count). The molecule has 0 aliphatic carbocycles. The number of carbonyl (C=O) groups is 1. The van der Waals surface area contributed by atoms with Gasteiger partial charge in [0.25, 0.3) is 5.60 Å². The van der Waals surface area contributed by atoms with E-state index < -0.39 is 23.3 Å². The highest BCUT2D eigenvalue weighted by Gasteiger charge is 2.63. The molecule has 1 heterocycles. The Morgan fingerprint density at radius 2 is 1.79 bits per heavy atom. The summed E-state index contributed by atoms with van der Waals surface area (Å²) < 4.78 is 46.2. The van der Waals surface area contributed by atoms with Crippen LogP contribution >= 0.6 is 0 Å². The van der Waals surface area contributed by atoms with Crippen LogP contribution in [0.25, 0.3) is 22.2 Å². The van der Waals surface area contributed by atoms with Crippen molar-refractivity contribution in [2.45, 2.75) is 25.6 Å². The van der Waals surface area contributed by atoms with Gasteiger partial charge in [-0.25, -0.2) is 9.78 Å². The number of hydrogen-bond donors (Lipinski definition) is 1. The summed E-state index contributed by atoms with van der Waals surface area (Å²) >= 11 is 0. The second-order valence-electron chi connectivity index (χ2n) is 6.32. The number of hydrogen-bond acceptors (Lipinski definition) is 4. The number of aliphatic hydroxyl groups is 1. The Labute approximate surface area is 159 Å². The van der Waals surface area contributed by atoms with E-state index in [9.17, 15) is 23.1 Å². The van der Waals surface area contributed by atoms with E-state index in [1.165, 1.54) is 13.0 Å². The first kappa shape index (κ1) is 19.8. The van der Waals surface area contributed by atoms with Crippen molar-refractivity contribution in [2.75, 3.05) is 6.61 Å². The van der Waals surface area contributed by atoms with E-state index in [4.69, 9.17) is 0 Å². The standard InChI is InChI=1S/C21H18F3NO3/c1-3-28-19(26)20(27,21(22,23)24)15-9-6-7-13(2)18(15)17-12-11-14-8-4-5-10-16(14)25-17/h4-12,27H,3H2,1-2H3. The molecule has 7 heteroatoms. The van der Waals surface area contributed by atoms with E-state index in [0.717, 1.165) is 11.5 Å². The molecule has 0 fully saturated rings. The van der Waals surface area contributed by atoms with E-state index >= 15 is 0 Å². The van der Waals surface area contributed by atoms with Gasteiger partial charge < -0.3 is 9.84 Å². The third-order valence-electron chi connectivity index (χ3n) is 4.50. The van der Waals surface area contributed by atoms with Crippen LogP contribution < -0.4 is 0 Å². The zero-order valence-corrected chi connectivity index (χ0v) is 15.2. The Morgan fingerprint density at radius 1 is 1.07 bits per heavy atom. The predicted octanol–water partition coefficient (Wildman–Crippen LogP) is 4.52. The summed E-state index contributed by atoms with van der Waals surface area (Å²) in [5, 5.41) is 11.4. The topological polar surface area (TPSA) is 59.4 Å². The molecule has 0 amide bonds. The van der Waals surface area contributed by atoms with Crippen LogP contribution in [0.1, 0.15) is 18.1 Å². The summed E-state index contributed by atoms with van der Waals surface area (Å²) in [6.45, 7) is 2.67. The number of esters is 1. The van der Waals surface area contributed by atoms with Gasteiger partial charge in [-0.1, -0.05) is 42.5 Å². The Hall–Kier alpha value is -2.93. The number of aryl methyl sites for hydroxylation is 1. The molecule has 4 nitrogen and oxygen atoms in total. The average molecular weight is 389 g/mol. The van der Waals surface area contributed by atoms with Crippen molar-refractivity contribution in [1.29, 1.82) is 0 Å². The van der Waals surface area contributed by atoms with Gasteiger partial charge in [-0.15, -0.1) is 0 Å². The molecule has 1 atom stereocenters. The van der Waals surface area contributed by atoms with Crippen molar-refractivity contribution in [1.82, 2.24) is 4.98 Å². The molecular weight excluding hydrogens is 371 g/mol. The van der Waals surface area contributed by atoms with Crippen LogP contribution in [0.15, 0.2) is 54.6 Å². The number of carbonyl (C=O) groups excluding carboxylic acids is 1. The molecule has 3 aromatic rings. The lowest BCUT2D eigenvalue weighted by Crippen LogP contribution is -2.50. The minimum Gasteiger partial charge on any atom is -0.463 e. The van der Waals surface area contributed by atoms with E-state index in [-0.39, 0.29) is 17.9 Å². The molecule has 28 heavy (non-hydrogen) atoms. The van der Waals surface area contributed by atoms with Gasteiger partial charge in [0, 0.05) is 16.5 Å². The highest BCUT2D eigenvalue weighted by atomic mass is 19.4. The molecule has 146 valence electrons. The Morgan fingerprint density at radius 3 is 2.46 bits per heavy atom. The Balaban J connectivity index is 2.30. The SMILES string of the molecule is CCOC(=O)C(O)(c1cccc(C)c1-c1ccc2ccccc2n1)C(F)(F)F. The molecule has 0 aliphatic rings. The van der Waals surface area contributed by atoms with Crippen molar-refractivity contribution in [3.8, 4) is 11.3 Å². The zero-order chi connectivity index (χ0) is 20.5. The Bertz CT molecular complexity index is 1030. The Kier molecular flexibility index (Phi) is 5.12. The minimum absolute atomic E-state index is 0.0427. The number of nitrogens with zero attached hydrogens (tertiary/aromatic N) is 1. The summed E-state index contributed by atoms with van der Waals surface area (Å²) in [6, 6.07) is 14.5. The van der Waals surface area contributed by atoms with E-state index in [1.807, 2.05) is 12.1 Å². The van der Waals surface area contributed by atoms with Crippen LogP contribution in [-0.4, -0.2) is 28.8 Å². The fourth-order valence-corrected chi connectivity index (χ4v) is 3.13. The molecule has 0 saturated carbocycles. The molecule has 2 aromatic carbocycles. The predicted molar refractivity (Wildman–Crippen MR) is 98.5 cm³/mol. The number of ether oxygens (including phenoxy) is 1. The van der Waals surface area contributed by atoms with Crippen LogP contribution in [0.3, 0.4) is 0 Å². The number of rotatable bonds is 4. The van der Waals surface area contributed by atoms with Crippen LogP contribution in [-0.2, 0) is 15.1 Å². The van der Waals surface area contributed by atoms with Gasteiger partial charge in [0.05, 0.1) is 17.8 Å². The molecule has 0 spiro atoms. The maximum atomic E-state index is 13.9. The zero-order valence-electron chi connectivity index (χ0n) is 15.2. The third-order valence-corrected chi connectivity index (χ3v) is 4.50. The molecule has 1 N–H and O–H groups in total. The highest BCUT2D eigenvalue weighted by Crippen LogP contribution is 2.44. The lowest BCUT2D eigenvalue weighted by Gasteiger charge is -2.30. The summed E-state index contributed by atoms with van der Waals surface area (Å²) in [5.41, 5.74) is -3.13. The first-order valence-electron chi connectivity index (χ1n) is 8.62. The van der Waals surface area contributed by atoms with Gasteiger partial charge in [0.15, 0.2) is 0 Å². The summed E-state index contributed by atoms with van der Waals surface area (Å²) in [4.78, 5) is 16.6. The van der Waals surface area contributed by atoms with Crippen molar-refractivity contribution < 1.29 is 27.8 Å². The first-order chi connectivity index (χ1) is 13.2. The number of para-hydroxylation sites is 1. The highest BCUT2D eigenvalue weighted by molar-refractivity contribution is 5.88. The van der Waals surface area contributed by atoms with Crippen LogP contribution in [0.2, 0.25) is 0 Å². The van der Waals surface area contributed by atoms with E-state index in [1.54, 1.807) is 37.3 Å². The molecule has 0 aliphatic heterocycles. The maximum absolute atomic E-state index is 13.9. The molecular formula is C21H18F3NO3. The number of aromatic nitrogens is 1. The molecule has 0 bridgehead atoms. The smallest absolute Gasteiger partial charge is 0.432 e. The maximum Gasteiger partial charge on any atom is 0.432 e. The number of halogens is 3. The van der Waals surface area contributed by atoms with Crippen molar-refractivity contribution >= 4 is 16.9 Å². The van der Waals surface area contributed by atoms with Crippen LogP contribution in [0.5, 0.6) is 0 Å². The third kappa shape index (κ3) is 3.22. The van der Waals surface area contributed by atoms with Gasteiger partial charge in [-0.05, 0) is 31.5 Å². The average Bonchev–Trinajstić information content (AvgIpc) is 2.66. The second kappa shape index (κ2) is 7.24. The number of benzene rings is 2. The van der Waals surface area contributed by atoms with Gasteiger partial charge in [-0.3, -0.25) is 0 Å². The fraction of sp³-hybridized carbons (Fsp3) is 0.238. The van der Waals surface area contributed by atoms with Gasteiger partial charge in [0.1, 0.15) is 0 Å². The quantitative estimate of drug-likeness (QED) is 0.667. The molecule has 0 saturated heterocycles. The lowest BCUT2D eigenvalue weighted by molar-refractivity contribution is -0.267. The second-order valence-corrected chi connectivity index (χ2v) is 6.32. The van der Waals surface area contributed by atoms with Crippen LogP contribution in [0.4, 0.5) is 13.2 Å². The normalized spacial score (nSPS) is 13.9. The minimum atomic E-state index is -5.28. The van der Waals surface area contributed by atoms with Gasteiger partial charge in [-0.2, -0.15) is 13.2 Å². The van der Waals surface area contributed by atoms with Crippen molar-refractivity contribution in [3.05, 3.63) is 65.7 Å². The van der Waals surface area contributed by atoms with E-state index in [0.29, 0.717) is 11.1 Å². The molecule has 1 aromatic heterocycles. The summed E-state index contributed by atoms with van der Waals surface area (Å²) in [5.74, 6) is -1.77. The lowest BCUT2D eigenvalue weighted by atomic mass is 9.85. The monoisotopic (exact) mass is 389 g/mol. The summed E-state index contributed by atoms with van der Waals surface area (Å²) in [7, 11) is 0.